The van der Waals surface area contributed by atoms with Crippen molar-refractivity contribution in [3.8, 4) is 0 Å². The Morgan fingerprint density at radius 2 is 1.71 bits per heavy atom. The fourth-order valence-corrected chi connectivity index (χ4v) is 4.32. The largest absolute Gasteiger partial charge is 0.477 e. The molecule has 11 nitrogen and oxygen atoms in total. The second kappa shape index (κ2) is 14.5. The molecule has 0 saturated heterocycles. The maximum absolute atomic E-state index is 11.8. The van der Waals surface area contributed by atoms with Crippen molar-refractivity contribution < 1.29 is 34.4 Å². The number of azo groups is 1. The predicted octanol–water partition coefficient (Wildman–Crippen LogP) is 2.79. The number of ether oxygens (including phenoxy) is 2. The van der Waals surface area contributed by atoms with Crippen LogP contribution in [0.15, 0.2) is 28.4 Å². The molecule has 0 aliphatic carbocycles. The van der Waals surface area contributed by atoms with E-state index < -0.39 is 11.9 Å². The molecule has 0 fully saturated rings. The highest BCUT2D eigenvalue weighted by molar-refractivity contribution is 7.18. The van der Waals surface area contributed by atoms with E-state index in [0.29, 0.717) is 38.6 Å². The van der Waals surface area contributed by atoms with Crippen molar-refractivity contribution in [2.24, 2.45) is 16.0 Å². The lowest BCUT2D eigenvalue weighted by molar-refractivity contribution is 0.0701. The molecular weight excluding hydrogens is 476 g/mol. The lowest BCUT2D eigenvalue weighted by Gasteiger charge is -2.25. The van der Waals surface area contributed by atoms with Crippen LogP contribution in [-0.4, -0.2) is 79.9 Å². The Balaban J connectivity index is 2.20. The van der Waals surface area contributed by atoms with Gasteiger partial charge in [-0.2, -0.15) is 0 Å². The van der Waals surface area contributed by atoms with Gasteiger partial charge >= 0.3 is 5.97 Å². The van der Waals surface area contributed by atoms with Crippen molar-refractivity contribution in [2.45, 2.75) is 20.3 Å². The fraction of sp³-hybridized carbons (Fsp3) is 0.478. The molecule has 1 amide bonds. The molecule has 35 heavy (non-hydrogen) atoms. The third-order valence-corrected chi connectivity index (χ3v) is 6.22. The van der Waals surface area contributed by atoms with Crippen LogP contribution >= 0.6 is 11.3 Å². The molecule has 1 heterocycles. The van der Waals surface area contributed by atoms with Gasteiger partial charge < -0.3 is 35.4 Å². The average Bonchev–Trinajstić information content (AvgIpc) is 3.16. The zero-order chi connectivity index (χ0) is 25.8. The average molecular weight is 509 g/mol. The smallest absolute Gasteiger partial charge is 0.346 e. The minimum absolute atomic E-state index is 0.00171. The molecule has 0 unspecified atom stereocenters. The lowest BCUT2D eigenvalue weighted by Crippen LogP contribution is -2.29. The van der Waals surface area contributed by atoms with Gasteiger partial charge in [0, 0.05) is 25.4 Å². The Morgan fingerprint density at radius 3 is 2.31 bits per heavy atom. The number of carbonyl (C=O) groups excluding carboxylic acids is 1. The first-order valence-electron chi connectivity index (χ1n) is 11.1. The second-order valence-electron chi connectivity index (χ2n) is 7.59. The Hall–Kier alpha value is -2.90. The van der Waals surface area contributed by atoms with Crippen LogP contribution < -0.4 is 10.6 Å². The number of hydrogen-bond donors (Lipinski definition) is 4. The van der Waals surface area contributed by atoms with E-state index in [-0.39, 0.29) is 40.8 Å². The lowest BCUT2D eigenvalue weighted by atomic mass is 10.1. The molecule has 1 aromatic heterocycles. The molecule has 0 spiro atoms. The number of primary amides is 1. The first-order valence-corrected chi connectivity index (χ1v) is 11.9. The molecule has 0 atom stereocenters. The van der Waals surface area contributed by atoms with Crippen LogP contribution in [0.25, 0.3) is 0 Å². The summed E-state index contributed by atoms with van der Waals surface area (Å²) in [5, 5.41) is 35.6. The van der Waals surface area contributed by atoms with Crippen molar-refractivity contribution >= 4 is 39.6 Å². The first kappa shape index (κ1) is 28.3. The maximum Gasteiger partial charge on any atom is 0.346 e. The summed E-state index contributed by atoms with van der Waals surface area (Å²) in [6, 6.07) is 5.63. The molecule has 2 aromatic rings. The topological polar surface area (TPSA) is 167 Å². The van der Waals surface area contributed by atoms with E-state index >= 15 is 0 Å². The van der Waals surface area contributed by atoms with Gasteiger partial charge in [0.2, 0.25) is 0 Å². The number of nitrogens with zero attached hydrogens (tertiary/aromatic N) is 3. The molecule has 0 radical (unpaired) electrons. The summed E-state index contributed by atoms with van der Waals surface area (Å²) >= 11 is 0.855. The number of nitrogens with two attached hydrogens (primary N) is 1. The normalized spacial score (nSPS) is 11.3. The number of anilines is 1. The van der Waals surface area contributed by atoms with Crippen molar-refractivity contribution in [3.63, 3.8) is 0 Å². The molecule has 5 N–H and O–H groups in total. The van der Waals surface area contributed by atoms with Crippen LogP contribution in [-0.2, 0) is 9.47 Å². The SMILES string of the molecule is Cc1cc(N(CCCOCCO)CCOCCO)ccc1/N=N/c1sc(C(=O)O)c(C)c1C(N)=O. The summed E-state index contributed by atoms with van der Waals surface area (Å²) in [6.45, 7) is 6.17. The van der Waals surface area contributed by atoms with Gasteiger partial charge in [0.05, 0.1) is 44.3 Å². The molecule has 2 rings (SSSR count). The van der Waals surface area contributed by atoms with E-state index in [4.69, 9.17) is 25.4 Å². The van der Waals surface area contributed by atoms with E-state index in [9.17, 15) is 14.7 Å². The van der Waals surface area contributed by atoms with Gasteiger partial charge in [-0.3, -0.25) is 4.79 Å². The number of amides is 1. The molecular formula is C23H32N4O7S. The van der Waals surface area contributed by atoms with Crippen molar-refractivity contribution in [1.29, 1.82) is 0 Å². The third-order valence-electron chi connectivity index (χ3n) is 5.06. The quantitative estimate of drug-likeness (QED) is 0.198. The Kier molecular flexibility index (Phi) is 11.7. The number of aryl methyl sites for hydroxylation is 1. The third kappa shape index (κ3) is 8.37. The standard InChI is InChI=1S/C23H32N4O7S/c1-15-14-17(27(7-11-34-13-9-29)6-3-10-33-12-8-28)4-5-18(15)25-26-22-19(21(24)30)16(2)20(35-22)23(31)32/h4-5,14,28-29H,3,6-13H2,1-2H3,(H2,24,30)(H,31,32)/b26-25+. The highest BCUT2D eigenvalue weighted by Crippen LogP contribution is 2.36. The monoisotopic (exact) mass is 508 g/mol. The molecule has 0 aliphatic heterocycles. The van der Waals surface area contributed by atoms with E-state index in [1.165, 1.54) is 6.92 Å². The summed E-state index contributed by atoms with van der Waals surface area (Å²) in [6.07, 6.45) is 0.750. The summed E-state index contributed by atoms with van der Waals surface area (Å²) < 4.78 is 10.8. The van der Waals surface area contributed by atoms with Gasteiger partial charge in [-0.05, 0) is 49.6 Å². The van der Waals surface area contributed by atoms with Crippen LogP contribution in [0.1, 0.15) is 37.6 Å². The Morgan fingerprint density at radius 1 is 1.03 bits per heavy atom. The van der Waals surface area contributed by atoms with Crippen molar-refractivity contribution in [2.75, 3.05) is 57.6 Å². The van der Waals surface area contributed by atoms with E-state index in [2.05, 4.69) is 15.1 Å². The molecule has 1 aromatic carbocycles. The first-order chi connectivity index (χ1) is 16.8. The number of carboxylic acid groups (broad SMARTS) is 1. The van der Waals surface area contributed by atoms with E-state index in [1.54, 1.807) is 6.07 Å². The van der Waals surface area contributed by atoms with E-state index in [0.717, 1.165) is 29.0 Å². The van der Waals surface area contributed by atoms with Crippen LogP contribution in [0.4, 0.5) is 16.4 Å². The van der Waals surface area contributed by atoms with Gasteiger partial charge in [-0.15, -0.1) is 21.6 Å². The van der Waals surface area contributed by atoms with Crippen LogP contribution in [0, 0.1) is 13.8 Å². The van der Waals surface area contributed by atoms with Gasteiger partial charge in [-0.25, -0.2) is 4.79 Å². The Labute approximate surface area is 207 Å². The summed E-state index contributed by atoms with van der Waals surface area (Å²) in [4.78, 5) is 25.4. The highest BCUT2D eigenvalue weighted by atomic mass is 32.1. The van der Waals surface area contributed by atoms with Gasteiger partial charge in [0.1, 0.15) is 4.88 Å². The zero-order valence-corrected chi connectivity index (χ0v) is 20.7. The summed E-state index contributed by atoms with van der Waals surface area (Å²) in [5.41, 5.74) is 8.10. The minimum atomic E-state index is -1.15. The van der Waals surface area contributed by atoms with Crippen LogP contribution in [0.2, 0.25) is 0 Å². The second-order valence-corrected chi connectivity index (χ2v) is 8.59. The number of rotatable bonds is 16. The number of aliphatic hydroxyl groups excluding tert-OH is 2. The molecule has 0 saturated carbocycles. The van der Waals surface area contributed by atoms with E-state index in [1.807, 2.05) is 19.1 Å². The highest BCUT2D eigenvalue weighted by Gasteiger charge is 2.23. The minimum Gasteiger partial charge on any atom is -0.477 e. The molecule has 12 heteroatoms. The number of aliphatic hydroxyl groups is 2. The van der Waals surface area contributed by atoms with Crippen molar-refractivity contribution in [3.05, 3.63) is 39.8 Å². The summed E-state index contributed by atoms with van der Waals surface area (Å²) in [5.74, 6) is -1.91. The van der Waals surface area contributed by atoms with Gasteiger partial charge in [0.25, 0.3) is 5.91 Å². The zero-order valence-electron chi connectivity index (χ0n) is 19.9. The number of aromatic carboxylic acids is 1. The Bertz CT molecular complexity index is 1030. The number of hydrogen-bond acceptors (Lipinski definition) is 10. The molecule has 0 bridgehead atoms. The van der Waals surface area contributed by atoms with Gasteiger partial charge in [-0.1, -0.05) is 0 Å². The number of benzene rings is 1. The maximum atomic E-state index is 11.8. The number of carboxylic acids is 1. The number of thiophene rings is 1. The summed E-state index contributed by atoms with van der Waals surface area (Å²) in [7, 11) is 0. The fourth-order valence-electron chi connectivity index (χ4n) is 3.35. The van der Waals surface area contributed by atoms with Crippen molar-refractivity contribution in [1.82, 2.24) is 0 Å². The molecule has 0 aliphatic rings. The predicted molar refractivity (Wildman–Crippen MR) is 133 cm³/mol. The van der Waals surface area contributed by atoms with Crippen LogP contribution in [0.3, 0.4) is 0 Å². The van der Waals surface area contributed by atoms with Crippen LogP contribution in [0.5, 0.6) is 0 Å². The number of carbonyl (C=O) groups is 2. The van der Waals surface area contributed by atoms with Gasteiger partial charge in [0.15, 0.2) is 5.00 Å². The molecule has 192 valence electrons.